The molecule has 24 heavy (non-hydrogen) atoms. The molecule has 2 N–H and O–H groups in total. The van der Waals surface area contributed by atoms with E-state index in [9.17, 15) is 18.9 Å². The lowest BCUT2D eigenvalue weighted by Crippen LogP contribution is -2.37. The molecular weight excluding hydrogens is 366 g/mol. The van der Waals surface area contributed by atoms with Gasteiger partial charge in [0.1, 0.15) is 0 Å². The topological polar surface area (TPSA) is 93.1 Å². The number of hydrogen-bond acceptors (Lipinski definition) is 4. The molecule has 0 aliphatic heterocycles. The summed E-state index contributed by atoms with van der Waals surface area (Å²) in [7, 11) is -10.2. The van der Waals surface area contributed by atoms with Crippen molar-refractivity contribution in [1.82, 2.24) is 0 Å². The SMILES string of the molecule is CCOP(=O)(OCC)C(Cc1cccc([Si](C)(C)C)c1)P(=O)(O)O. The van der Waals surface area contributed by atoms with Crippen LogP contribution in [0.5, 0.6) is 0 Å². The minimum absolute atomic E-state index is 0.0557. The highest BCUT2D eigenvalue weighted by Gasteiger charge is 2.47. The second-order valence-electron chi connectivity index (χ2n) is 6.60. The average Bonchev–Trinajstić information content (AvgIpc) is 2.43. The van der Waals surface area contributed by atoms with Crippen LogP contribution in [0.1, 0.15) is 19.4 Å². The molecule has 1 rings (SSSR count). The van der Waals surface area contributed by atoms with E-state index in [4.69, 9.17) is 9.05 Å². The van der Waals surface area contributed by atoms with E-state index in [0.29, 0.717) is 0 Å². The Morgan fingerprint density at radius 2 is 1.62 bits per heavy atom. The Morgan fingerprint density at radius 1 is 1.08 bits per heavy atom. The highest BCUT2D eigenvalue weighted by atomic mass is 31.2. The predicted octanol–water partition coefficient (Wildman–Crippen LogP) is 3.54. The summed E-state index contributed by atoms with van der Waals surface area (Å²) in [6.07, 6.45) is -0.0557. The van der Waals surface area contributed by atoms with Crippen LogP contribution < -0.4 is 5.19 Å². The normalized spacial score (nSPS) is 14.6. The van der Waals surface area contributed by atoms with Crippen LogP contribution in [0.25, 0.3) is 0 Å². The van der Waals surface area contributed by atoms with Gasteiger partial charge < -0.3 is 18.8 Å². The van der Waals surface area contributed by atoms with Gasteiger partial charge in [0.05, 0.1) is 21.3 Å². The van der Waals surface area contributed by atoms with Gasteiger partial charge in [-0.1, -0.05) is 49.1 Å². The Bertz CT molecular complexity index is 627. The van der Waals surface area contributed by atoms with Crippen molar-refractivity contribution < 1.29 is 28.0 Å². The maximum Gasteiger partial charge on any atom is 0.346 e. The van der Waals surface area contributed by atoms with Crippen molar-refractivity contribution in [2.24, 2.45) is 0 Å². The van der Waals surface area contributed by atoms with Gasteiger partial charge in [0.2, 0.25) is 0 Å². The van der Waals surface area contributed by atoms with E-state index < -0.39 is 28.7 Å². The summed E-state index contributed by atoms with van der Waals surface area (Å²) < 4.78 is 35.3. The molecule has 1 aromatic rings. The molecule has 6 nitrogen and oxygen atoms in total. The van der Waals surface area contributed by atoms with E-state index in [-0.39, 0.29) is 19.6 Å². The molecule has 0 heterocycles. The fourth-order valence-corrected chi connectivity index (χ4v) is 7.47. The Kier molecular flexibility index (Phi) is 7.63. The fourth-order valence-electron chi connectivity index (χ4n) is 2.36. The molecule has 138 valence electrons. The zero-order valence-electron chi connectivity index (χ0n) is 14.9. The quantitative estimate of drug-likeness (QED) is 0.492. The number of rotatable bonds is 9. The second-order valence-corrected chi connectivity index (χ2v) is 16.1. The van der Waals surface area contributed by atoms with Crippen LogP contribution >= 0.6 is 15.2 Å². The molecule has 1 unspecified atom stereocenters. The van der Waals surface area contributed by atoms with Crippen molar-refractivity contribution in [3.05, 3.63) is 29.8 Å². The first-order valence-electron chi connectivity index (χ1n) is 7.97. The Labute approximate surface area is 145 Å². The summed E-state index contributed by atoms with van der Waals surface area (Å²) >= 11 is 0. The predicted molar refractivity (Wildman–Crippen MR) is 99.8 cm³/mol. The van der Waals surface area contributed by atoms with Gasteiger partial charge in [-0.2, -0.15) is 0 Å². The Hall–Kier alpha value is -0.263. The standard InChI is InChI=1S/C15H28O6P2Si/c1-6-20-23(19,21-7-2)15(22(16,17)18)12-13-9-8-10-14(11-13)24(3,4)5/h8-11,15H,6-7,12H2,1-5H3,(H2,16,17,18). The molecule has 0 amide bonds. The van der Waals surface area contributed by atoms with Crippen LogP contribution in [-0.2, 0) is 24.6 Å². The molecule has 0 aromatic heterocycles. The molecule has 9 heteroatoms. The lowest BCUT2D eigenvalue weighted by atomic mass is 10.2. The molecule has 0 saturated heterocycles. The molecule has 0 radical (unpaired) electrons. The van der Waals surface area contributed by atoms with Crippen LogP contribution in [0.2, 0.25) is 19.6 Å². The molecule has 0 aliphatic rings. The summed E-state index contributed by atoms with van der Waals surface area (Å²) in [5.74, 6) is 0. The van der Waals surface area contributed by atoms with E-state index >= 15 is 0 Å². The van der Waals surface area contributed by atoms with Crippen LogP contribution in [0.4, 0.5) is 0 Å². The molecule has 0 aliphatic carbocycles. The summed E-state index contributed by atoms with van der Waals surface area (Å²) in [4.78, 5) is 19.5. The van der Waals surface area contributed by atoms with E-state index in [1.54, 1.807) is 19.9 Å². The third-order valence-corrected chi connectivity index (χ3v) is 10.5. The summed E-state index contributed by atoms with van der Waals surface area (Å²) in [5.41, 5.74) is 0.725. The van der Waals surface area contributed by atoms with Crippen molar-refractivity contribution in [2.45, 2.75) is 45.3 Å². The van der Waals surface area contributed by atoms with Gasteiger partial charge in [0, 0.05) is 0 Å². The lowest BCUT2D eigenvalue weighted by molar-refractivity contribution is 0.214. The van der Waals surface area contributed by atoms with Gasteiger partial charge in [-0.05, 0) is 25.8 Å². The maximum absolute atomic E-state index is 12.9. The van der Waals surface area contributed by atoms with Gasteiger partial charge in [0.15, 0.2) is 5.40 Å². The fraction of sp³-hybridized carbons (Fsp3) is 0.600. The second kappa shape index (κ2) is 8.41. The van der Waals surface area contributed by atoms with Gasteiger partial charge in [0.25, 0.3) is 0 Å². The number of benzene rings is 1. The zero-order chi connectivity index (χ0) is 18.6. The van der Waals surface area contributed by atoms with Gasteiger partial charge >= 0.3 is 15.2 Å². The minimum atomic E-state index is -4.68. The van der Waals surface area contributed by atoms with Crippen molar-refractivity contribution in [3.8, 4) is 0 Å². The first-order chi connectivity index (χ1) is 10.9. The van der Waals surface area contributed by atoms with Gasteiger partial charge in [-0.3, -0.25) is 9.13 Å². The molecule has 1 aromatic carbocycles. The number of hydrogen-bond donors (Lipinski definition) is 2. The highest BCUT2D eigenvalue weighted by molar-refractivity contribution is 7.71. The minimum Gasteiger partial charge on any atom is -0.324 e. The largest absolute Gasteiger partial charge is 0.346 e. The van der Waals surface area contributed by atoms with Crippen molar-refractivity contribution in [1.29, 1.82) is 0 Å². The zero-order valence-corrected chi connectivity index (χ0v) is 17.7. The van der Waals surface area contributed by atoms with Crippen molar-refractivity contribution in [2.75, 3.05) is 13.2 Å². The van der Waals surface area contributed by atoms with Crippen molar-refractivity contribution >= 4 is 28.5 Å². The van der Waals surface area contributed by atoms with E-state index in [0.717, 1.165) is 5.56 Å². The van der Waals surface area contributed by atoms with Gasteiger partial charge in [-0.15, -0.1) is 0 Å². The Morgan fingerprint density at radius 3 is 2.04 bits per heavy atom. The molecule has 0 fully saturated rings. The smallest absolute Gasteiger partial charge is 0.324 e. The summed E-state index contributed by atoms with van der Waals surface area (Å²) in [6, 6.07) is 7.62. The summed E-state index contributed by atoms with van der Waals surface area (Å²) in [6.45, 7) is 9.93. The van der Waals surface area contributed by atoms with E-state index in [1.807, 2.05) is 18.2 Å². The molecule has 0 saturated carbocycles. The van der Waals surface area contributed by atoms with E-state index in [2.05, 4.69) is 19.6 Å². The first kappa shape index (κ1) is 21.8. The summed E-state index contributed by atoms with van der Waals surface area (Å²) in [5, 5.41) is -0.325. The molecule has 0 spiro atoms. The lowest BCUT2D eigenvalue weighted by Gasteiger charge is -2.27. The van der Waals surface area contributed by atoms with Crippen LogP contribution in [-0.4, -0.2) is 36.5 Å². The third-order valence-electron chi connectivity index (χ3n) is 3.58. The monoisotopic (exact) mass is 394 g/mol. The van der Waals surface area contributed by atoms with Crippen molar-refractivity contribution in [3.63, 3.8) is 0 Å². The Balaban J connectivity index is 3.25. The molecule has 1 atom stereocenters. The van der Waals surface area contributed by atoms with Crippen LogP contribution in [0.3, 0.4) is 0 Å². The van der Waals surface area contributed by atoms with E-state index in [1.165, 1.54) is 5.19 Å². The molecule has 0 bridgehead atoms. The highest BCUT2D eigenvalue weighted by Crippen LogP contribution is 2.66. The van der Waals surface area contributed by atoms with Crippen LogP contribution in [0.15, 0.2) is 24.3 Å². The maximum atomic E-state index is 12.9. The van der Waals surface area contributed by atoms with Gasteiger partial charge in [-0.25, -0.2) is 0 Å². The first-order valence-corrected chi connectivity index (χ1v) is 14.8. The average molecular weight is 394 g/mol. The van der Waals surface area contributed by atoms with Crippen LogP contribution in [0, 0.1) is 0 Å². The molecular formula is C15H28O6P2Si. The third kappa shape index (κ3) is 5.92.